The summed E-state index contributed by atoms with van der Waals surface area (Å²) in [5, 5.41) is 4.57. The fourth-order valence-electron chi connectivity index (χ4n) is 2.39. The molecule has 2 aliphatic rings. The molecule has 1 aromatic rings. The summed E-state index contributed by atoms with van der Waals surface area (Å²) in [6.07, 6.45) is 2.07. The number of likely N-dealkylation sites (tertiary alicyclic amines) is 1. The average molecular weight is 296 g/mol. The molecule has 0 radical (unpaired) electrons. The van der Waals surface area contributed by atoms with Gasteiger partial charge in [0.15, 0.2) is 5.67 Å². The molecule has 1 saturated carbocycles. The molecule has 20 heavy (non-hydrogen) atoms. The maximum Gasteiger partial charge on any atom is 0.263 e. The molecule has 108 valence electrons. The molecule has 1 aromatic heterocycles. The van der Waals surface area contributed by atoms with E-state index in [-0.39, 0.29) is 24.8 Å². The van der Waals surface area contributed by atoms with E-state index in [1.807, 2.05) is 11.4 Å². The molecule has 1 aliphatic carbocycles. The van der Waals surface area contributed by atoms with Crippen LogP contribution in [0.3, 0.4) is 0 Å². The SMILES string of the molecule is O=C(c1cccs1)N1CCC(F)(C(=O)NC2CC2)CC1. The molecular formula is C14H17FN2O2S. The van der Waals surface area contributed by atoms with Crippen LogP contribution in [-0.2, 0) is 4.79 Å². The van der Waals surface area contributed by atoms with Gasteiger partial charge in [-0.15, -0.1) is 11.3 Å². The number of thiophene rings is 1. The molecule has 1 N–H and O–H groups in total. The number of alkyl halides is 1. The van der Waals surface area contributed by atoms with Crippen LogP contribution in [0.5, 0.6) is 0 Å². The maximum absolute atomic E-state index is 14.6. The van der Waals surface area contributed by atoms with Gasteiger partial charge in [0, 0.05) is 32.0 Å². The van der Waals surface area contributed by atoms with Crippen molar-refractivity contribution in [2.24, 2.45) is 0 Å². The number of nitrogens with zero attached hydrogens (tertiary/aromatic N) is 1. The first-order valence-corrected chi connectivity index (χ1v) is 7.79. The van der Waals surface area contributed by atoms with E-state index in [0.717, 1.165) is 12.8 Å². The molecule has 1 saturated heterocycles. The third kappa shape index (κ3) is 2.70. The molecule has 2 heterocycles. The Kier molecular flexibility index (Phi) is 3.50. The first-order chi connectivity index (χ1) is 9.58. The molecule has 1 aliphatic heterocycles. The van der Waals surface area contributed by atoms with Gasteiger partial charge in [-0.3, -0.25) is 9.59 Å². The minimum atomic E-state index is -1.81. The van der Waals surface area contributed by atoms with Gasteiger partial charge in [-0.05, 0) is 24.3 Å². The number of carbonyl (C=O) groups excluding carboxylic acids is 2. The van der Waals surface area contributed by atoms with Crippen molar-refractivity contribution in [1.82, 2.24) is 10.2 Å². The Morgan fingerprint density at radius 1 is 1.35 bits per heavy atom. The van der Waals surface area contributed by atoms with Crippen LogP contribution in [0.15, 0.2) is 17.5 Å². The Morgan fingerprint density at radius 2 is 2.05 bits per heavy atom. The van der Waals surface area contributed by atoms with Crippen molar-refractivity contribution in [2.45, 2.75) is 37.4 Å². The number of amides is 2. The van der Waals surface area contributed by atoms with Crippen LogP contribution in [0, 0.1) is 0 Å². The van der Waals surface area contributed by atoms with Gasteiger partial charge >= 0.3 is 0 Å². The normalized spacial score (nSPS) is 21.6. The zero-order chi connectivity index (χ0) is 14.2. The van der Waals surface area contributed by atoms with Crippen molar-refractivity contribution < 1.29 is 14.0 Å². The molecule has 4 nitrogen and oxygen atoms in total. The lowest BCUT2D eigenvalue weighted by Crippen LogP contribution is -2.52. The van der Waals surface area contributed by atoms with E-state index in [2.05, 4.69) is 5.32 Å². The van der Waals surface area contributed by atoms with E-state index >= 15 is 0 Å². The molecule has 0 bridgehead atoms. The van der Waals surface area contributed by atoms with Crippen molar-refractivity contribution in [3.63, 3.8) is 0 Å². The second-order valence-corrected chi connectivity index (χ2v) is 6.43. The van der Waals surface area contributed by atoms with Crippen LogP contribution in [0.25, 0.3) is 0 Å². The van der Waals surface area contributed by atoms with Crippen molar-refractivity contribution >= 4 is 23.2 Å². The number of hydrogen-bond acceptors (Lipinski definition) is 3. The Morgan fingerprint density at radius 3 is 2.60 bits per heavy atom. The number of carbonyl (C=O) groups is 2. The van der Waals surface area contributed by atoms with Gasteiger partial charge in [0.1, 0.15) is 0 Å². The molecular weight excluding hydrogens is 279 g/mol. The minimum absolute atomic E-state index is 0.0651. The first kappa shape index (κ1) is 13.5. The first-order valence-electron chi connectivity index (χ1n) is 6.91. The van der Waals surface area contributed by atoms with E-state index in [1.165, 1.54) is 11.3 Å². The zero-order valence-corrected chi connectivity index (χ0v) is 11.9. The van der Waals surface area contributed by atoms with Gasteiger partial charge in [0.2, 0.25) is 0 Å². The van der Waals surface area contributed by atoms with Gasteiger partial charge in [0.25, 0.3) is 11.8 Å². The zero-order valence-electron chi connectivity index (χ0n) is 11.1. The fraction of sp³-hybridized carbons (Fsp3) is 0.571. The monoisotopic (exact) mass is 296 g/mol. The van der Waals surface area contributed by atoms with Gasteiger partial charge in [0.05, 0.1) is 4.88 Å². The van der Waals surface area contributed by atoms with Crippen molar-refractivity contribution in [1.29, 1.82) is 0 Å². The summed E-state index contributed by atoms with van der Waals surface area (Å²) in [5.41, 5.74) is -1.81. The molecule has 2 amide bonds. The van der Waals surface area contributed by atoms with E-state index < -0.39 is 11.6 Å². The lowest BCUT2D eigenvalue weighted by molar-refractivity contribution is -0.135. The van der Waals surface area contributed by atoms with Crippen LogP contribution in [0.1, 0.15) is 35.4 Å². The highest BCUT2D eigenvalue weighted by Gasteiger charge is 2.44. The lowest BCUT2D eigenvalue weighted by Gasteiger charge is -2.35. The molecule has 0 atom stereocenters. The van der Waals surface area contributed by atoms with Crippen LogP contribution >= 0.6 is 11.3 Å². The average Bonchev–Trinajstić information content (AvgIpc) is 3.09. The number of nitrogens with one attached hydrogen (secondary N) is 1. The number of rotatable bonds is 3. The standard InChI is InChI=1S/C14H17FN2O2S/c15-14(13(19)16-10-3-4-10)5-7-17(8-6-14)12(18)11-2-1-9-20-11/h1-2,9-10H,3-8H2,(H,16,19). The van der Waals surface area contributed by atoms with Crippen molar-refractivity contribution in [3.05, 3.63) is 22.4 Å². The third-order valence-electron chi connectivity index (χ3n) is 3.89. The molecule has 0 spiro atoms. The number of hydrogen-bond donors (Lipinski definition) is 1. The largest absolute Gasteiger partial charge is 0.351 e. The number of halogens is 1. The fourth-order valence-corrected chi connectivity index (χ4v) is 3.08. The minimum Gasteiger partial charge on any atom is -0.351 e. The summed E-state index contributed by atoms with van der Waals surface area (Å²) in [4.78, 5) is 26.3. The Balaban J connectivity index is 1.58. The molecule has 2 fully saturated rings. The summed E-state index contributed by atoms with van der Waals surface area (Å²) in [7, 11) is 0. The highest BCUT2D eigenvalue weighted by atomic mass is 32.1. The highest BCUT2D eigenvalue weighted by Crippen LogP contribution is 2.30. The van der Waals surface area contributed by atoms with Crippen LogP contribution in [0.2, 0.25) is 0 Å². The summed E-state index contributed by atoms with van der Waals surface area (Å²) in [6.45, 7) is 0.594. The Labute approximate surface area is 121 Å². The predicted molar refractivity (Wildman–Crippen MR) is 74.5 cm³/mol. The molecule has 0 unspecified atom stereocenters. The predicted octanol–water partition coefficient (Wildman–Crippen LogP) is 1.97. The van der Waals surface area contributed by atoms with Gasteiger partial charge < -0.3 is 10.2 Å². The topological polar surface area (TPSA) is 49.4 Å². The third-order valence-corrected chi connectivity index (χ3v) is 4.75. The summed E-state index contributed by atoms with van der Waals surface area (Å²) in [6, 6.07) is 3.76. The number of piperidine rings is 1. The van der Waals surface area contributed by atoms with Crippen molar-refractivity contribution in [2.75, 3.05) is 13.1 Å². The van der Waals surface area contributed by atoms with E-state index in [9.17, 15) is 14.0 Å². The van der Waals surface area contributed by atoms with Gasteiger partial charge in [-0.2, -0.15) is 0 Å². The van der Waals surface area contributed by atoms with Gasteiger partial charge in [-0.25, -0.2) is 4.39 Å². The van der Waals surface area contributed by atoms with E-state index in [4.69, 9.17) is 0 Å². The quantitative estimate of drug-likeness (QED) is 0.927. The van der Waals surface area contributed by atoms with Crippen LogP contribution in [-0.4, -0.2) is 41.5 Å². The van der Waals surface area contributed by atoms with E-state index in [0.29, 0.717) is 18.0 Å². The smallest absolute Gasteiger partial charge is 0.263 e. The summed E-state index contributed by atoms with van der Waals surface area (Å²) in [5.74, 6) is -0.562. The Hall–Kier alpha value is -1.43. The molecule has 3 rings (SSSR count). The van der Waals surface area contributed by atoms with E-state index in [1.54, 1.807) is 11.0 Å². The summed E-state index contributed by atoms with van der Waals surface area (Å²) >= 11 is 1.38. The van der Waals surface area contributed by atoms with Crippen LogP contribution < -0.4 is 5.32 Å². The second kappa shape index (κ2) is 5.16. The van der Waals surface area contributed by atoms with Crippen molar-refractivity contribution in [3.8, 4) is 0 Å². The second-order valence-electron chi connectivity index (χ2n) is 5.48. The highest BCUT2D eigenvalue weighted by molar-refractivity contribution is 7.12. The maximum atomic E-state index is 14.6. The Bertz CT molecular complexity index is 505. The van der Waals surface area contributed by atoms with Crippen LogP contribution in [0.4, 0.5) is 4.39 Å². The lowest BCUT2D eigenvalue weighted by atomic mass is 9.92. The van der Waals surface area contributed by atoms with Gasteiger partial charge in [-0.1, -0.05) is 6.07 Å². The summed E-state index contributed by atoms with van der Waals surface area (Å²) < 4.78 is 14.6. The molecule has 0 aromatic carbocycles. The molecule has 6 heteroatoms.